The first-order chi connectivity index (χ1) is 8.09. The number of ketones is 1. The number of nitrogens with zero attached hydrogens (tertiary/aromatic N) is 1. The molecule has 2 aromatic rings. The van der Waals surface area contributed by atoms with Crippen molar-refractivity contribution in [3.8, 4) is 0 Å². The Hall–Kier alpha value is -1.48. The average Bonchev–Trinajstić information content (AvgIpc) is 2.33. The lowest BCUT2D eigenvalue weighted by Crippen LogP contribution is -1.92. The van der Waals surface area contributed by atoms with Crippen molar-refractivity contribution < 1.29 is 4.79 Å². The number of pyridine rings is 1. The molecule has 1 heterocycles. The molecule has 0 unspecified atom stereocenters. The molecule has 1 aromatic heterocycles. The number of Topliss-reactive ketones (excluding diaryl/α,β-unsaturated/α-hetero) is 1. The molecule has 0 spiro atoms. The van der Waals surface area contributed by atoms with Crippen LogP contribution in [-0.4, -0.2) is 10.8 Å². The number of fused-ring (bicyclic) bond motifs is 1. The molecule has 0 aliphatic rings. The molecule has 0 aliphatic heterocycles. The topological polar surface area (TPSA) is 30.0 Å². The van der Waals surface area contributed by atoms with Gasteiger partial charge in [-0.15, -0.1) is 0 Å². The van der Waals surface area contributed by atoms with Gasteiger partial charge in [0.25, 0.3) is 0 Å². The average molecular weight is 290 g/mol. The highest BCUT2D eigenvalue weighted by Crippen LogP contribution is 2.26. The van der Waals surface area contributed by atoms with Gasteiger partial charge in [0.2, 0.25) is 0 Å². The molecule has 3 heteroatoms. The fourth-order valence-corrected chi connectivity index (χ4v) is 2.06. The third-order valence-corrected chi connectivity index (χ3v) is 3.37. The Morgan fingerprint density at radius 1 is 1.29 bits per heavy atom. The third-order valence-electron chi connectivity index (χ3n) is 2.68. The number of carbonyl (C=O) groups is 1. The van der Waals surface area contributed by atoms with Crippen LogP contribution >= 0.6 is 15.9 Å². The van der Waals surface area contributed by atoms with Gasteiger partial charge in [-0.1, -0.05) is 28.1 Å². The van der Waals surface area contributed by atoms with Crippen molar-refractivity contribution in [3.63, 3.8) is 0 Å². The van der Waals surface area contributed by atoms with Gasteiger partial charge < -0.3 is 0 Å². The van der Waals surface area contributed by atoms with E-state index >= 15 is 0 Å². The maximum absolute atomic E-state index is 11.3. The molecule has 0 amide bonds. The van der Waals surface area contributed by atoms with Crippen LogP contribution in [0.4, 0.5) is 0 Å². The van der Waals surface area contributed by atoms with Gasteiger partial charge in [-0.2, -0.15) is 0 Å². The van der Waals surface area contributed by atoms with Crippen molar-refractivity contribution >= 4 is 38.7 Å². The standard InChI is InChI=1S/C14H12BrNO/c1-9(10(2)17)8-11-5-6-13(15)12-4-3-7-16-14(11)12/h3-8H,1-2H3/b9-8+. The number of hydrogen-bond acceptors (Lipinski definition) is 2. The number of benzene rings is 1. The number of hydrogen-bond donors (Lipinski definition) is 0. The zero-order chi connectivity index (χ0) is 12.4. The second kappa shape index (κ2) is 4.80. The Kier molecular flexibility index (Phi) is 3.38. The zero-order valence-corrected chi connectivity index (χ0v) is 11.3. The Morgan fingerprint density at radius 3 is 2.76 bits per heavy atom. The van der Waals surface area contributed by atoms with Crippen LogP contribution in [0.1, 0.15) is 19.4 Å². The molecule has 0 aliphatic carbocycles. The summed E-state index contributed by atoms with van der Waals surface area (Å²) in [5, 5.41) is 1.05. The SMILES string of the molecule is CC(=O)/C(C)=C/c1ccc(Br)c2cccnc12. The molecule has 0 saturated carbocycles. The van der Waals surface area contributed by atoms with Crippen LogP contribution in [0.15, 0.2) is 40.5 Å². The normalized spacial score (nSPS) is 11.8. The first-order valence-corrected chi connectivity index (χ1v) is 6.11. The zero-order valence-electron chi connectivity index (χ0n) is 9.70. The molecule has 0 bridgehead atoms. The summed E-state index contributed by atoms with van der Waals surface area (Å²) in [5.41, 5.74) is 2.61. The Bertz CT molecular complexity index is 617. The predicted molar refractivity (Wildman–Crippen MR) is 73.8 cm³/mol. The van der Waals surface area contributed by atoms with E-state index in [0.717, 1.165) is 26.5 Å². The van der Waals surface area contributed by atoms with Gasteiger partial charge in [-0.05, 0) is 37.6 Å². The molecule has 2 rings (SSSR count). The van der Waals surface area contributed by atoms with Gasteiger partial charge in [0.05, 0.1) is 5.52 Å². The number of aromatic nitrogens is 1. The minimum absolute atomic E-state index is 0.0806. The second-order valence-electron chi connectivity index (χ2n) is 3.92. The van der Waals surface area contributed by atoms with E-state index in [2.05, 4.69) is 20.9 Å². The summed E-state index contributed by atoms with van der Waals surface area (Å²) in [5.74, 6) is 0.0806. The van der Waals surface area contributed by atoms with Gasteiger partial charge in [0.1, 0.15) is 0 Å². The van der Waals surface area contributed by atoms with Crippen molar-refractivity contribution in [1.29, 1.82) is 0 Å². The molecule has 86 valence electrons. The first kappa shape index (κ1) is 12.0. The van der Waals surface area contributed by atoms with Gasteiger partial charge >= 0.3 is 0 Å². The minimum Gasteiger partial charge on any atom is -0.295 e. The number of allylic oxidation sites excluding steroid dienone is 1. The minimum atomic E-state index is 0.0806. The Balaban J connectivity index is 2.68. The van der Waals surface area contributed by atoms with E-state index < -0.39 is 0 Å². The van der Waals surface area contributed by atoms with E-state index in [1.54, 1.807) is 13.1 Å². The van der Waals surface area contributed by atoms with Gasteiger partial charge in [-0.25, -0.2) is 0 Å². The number of rotatable bonds is 2. The van der Waals surface area contributed by atoms with Crippen LogP contribution in [0, 0.1) is 0 Å². The number of halogens is 1. The quantitative estimate of drug-likeness (QED) is 0.783. The molecule has 1 aromatic carbocycles. The molecule has 0 radical (unpaired) electrons. The summed E-state index contributed by atoms with van der Waals surface area (Å²) in [6.45, 7) is 3.39. The molecule has 2 nitrogen and oxygen atoms in total. The lowest BCUT2D eigenvalue weighted by molar-refractivity contribution is -0.113. The Morgan fingerprint density at radius 2 is 2.06 bits per heavy atom. The van der Waals surface area contributed by atoms with Crippen LogP contribution < -0.4 is 0 Å². The van der Waals surface area contributed by atoms with E-state index in [1.165, 1.54) is 0 Å². The molecular weight excluding hydrogens is 278 g/mol. The molecule has 0 atom stereocenters. The summed E-state index contributed by atoms with van der Waals surface area (Å²) in [6.07, 6.45) is 3.64. The smallest absolute Gasteiger partial charge is 0.155 e. The van der Waals surface area contributed by atoms with E-state index in [-0.39, 0.29) is 5.78 Å². The van der Waals surface area contributed by atoms with Crippen molar-refractivity contribution in [2.24, 2.45) is 0 Å². The fraction of sp³-hybridized carbons (Fsp3) is 0.143. The molecule has 0 saturated heterocycles. The van der Waals surface area contributed by atoms with Crippen molar-refractivity contribution in [2.75, 3.05) is 0 Å². The maximum atomic E-state index is 11.3. The highest BCUT2D eigenvalue weighted by Gasteiger charge is 2.04. The summed E-state index contributed by atoms with van der Waals surface area (Å²) in [7, 11) is 0. The van der Waals surface area contributed by atoms with Crippen LogP contribution in [0.25, 0.3) is 17.0 Å². The maximum Gasteiger partial charge on any atom is 0.155 e. The highest BCUT2D eigenvalue weighted by atomic mass is 79.9. The Labute approximate surface area is 108 Å². The lowest BCUT2D eigenvalue weighted by atomic mass is 10.1. The van der Waals surface area contributed by atoms with E-state index in [9.17, 15) is 4.79 Å². The van der Waals surface area contributed by atoms with Crippen LogP contribution in [0.3, 0.4) is 0 Å². The third kappa shape index (κ3) is 2.44. The monoisotopic (exact) mass is 289 g/mol. The van der Waals surface area contributed by atoms with E-state index in [1.807, 2.05) is 37.3 Å². The molecule has 0 fully saturated rings. The van der Waals surface area contributed by atoms with Crippen LogP contribution in [0.5, 0.6) is 0 Å². The van der Waals surface area contributed by atoms with Crippen molar-refractivity contribution in [1.82, 2.24) is 4.98 Å². The summed E-state index contributed by atoms with van der Waals surface area (Å²) >= 11 is 3.50. The van der Waals surface area contributed by atoms with Crippen LogP contribution in [0.2, 0.25) is 0 Å². The van der Waals surface area contributed by atoms with E-state index in [0.29, 0.717) is 0 Å². The summed E-state index contributed by atoms with van der Waals surface area (Å²) in [4.78, 5) is 15.6. The molecule has 0 N–H and O–H groups in total. The fourth-order valence-electron chi connectivity index (χ4n) is 1.61. The van der Waals surface area contributed by atoms with Gasteiger partial charge in [0, 0.05) is 21.6 Å². The number of carbonyl (C=O) groups excluding carboxylic acids is 1. The summed E-state index contributed by atoms with van der Waals surface area (Å²) < 4.78 is 1.01. The lowest BCUT2D eigenvalue weighted by Gasteiger charge is -2.04. The molecule has 17 heavy (non-hydrogen) atoms. The first-order valence-electron chi connectivity index (χ1n) is 5.32. The second-order valence-corrected chi connectivity index (χ2v) is 4.77. The predicted octanol–water partition coefficient (Wildman–Crippen LogP) is 3.99. The van der Waals surface area contributed by atoms with Crippen LogP contribution in [-0.2, 0) is 4.79 Å². The largest absolute Gasteiger partial charge is 0.295 e. The van der Waals surface area contributed by atoms with Gasteiger partial charge in [-0.3, -0.25) is 9.78 Å². The highest BCUT2D eigenvalue weighted by molar-refractivity contribution is 9.10. The summed E-state index contributed by atoms with van der Waals surface area (Å²) in [6, 6.07) is 7.85. The van der Waals surface area contributed by atoms with E-state index in [4.69, 9.17) is 0 Å². The van der Waals surface area contributed by atoms with Crippen molar-refractivity contribution in [3.05, 3.63) is 46.1 Å². The van der Waals surface area contributed by atoms with Gasteiger partial charge in [0.15, 0.2) is 5.78 Å². The van der Waals surface area contributed by atoms with Crippen molar-refractivity contribution in [2.45, 2.75) is 13.8 Å². The molecular formula is C14H12BrNO.